The van der Waals surface area contributed by atoms with Crippen molar-refractivity contribution in [1.82, 2.24) is 4.98 Å². The minimum absolute atomic E-state index is 0.338. The lowest BCUT2D eigenvalue weighted by molar-refractivity contribution is 0.0526. The summed E-state index contributed by atoms with van der Waals surface area (Å²) in [6.07, 6.45) is 1.63. The summed E-state index contributed by atoms with van der Waals surface area (Å²) in [5, 5.41) is 15.2. The van der Waals surface area contributed by atoms with Crippen LogP contribution in [0.2, 0.25) is 0 Å². The van der Waals surface area contributed by atoms with E-state index in [2.05, 4.69) is 42.4 Å². The SMILES string of the molecule is CCOC(=O)c1ccc(N/C=C(\C#N)c2nc(-c3ccc(C)c(C)c3)cs2)cc1. The summed E-state index contributed by atoms with van der Waals surface area (Å²) in [5.74, 6) is -0.353. The number of aryl methyl sites for hydroxylation is 2. The first-order valence-electron chi connectivity index (χ1n) is 9.19. The van der Waals surface area contributed by atoms with Crippen molar-refractivity contribution in [2.75, 3.05) is 11.9 Å². The maximum atomic E-state index is 11.7. The average molecular weight is 404 g/mol. The second-order valence-corrected chi connectivity index (χ2v) is 7.31. The third-order valence-electron chi connectivity index (χ3n) is 4.44. The van der Waals surface area contributed by atoms with Gasteiger partial charge in [-0.25, -0.2) is 9.78 Å². The molecule has 0 aliphatic rings. The van der Waals surface area contributed by atoms with Gasteiger partial charge in [-0.1, -0.05) is 12.1 Å². The number of aromatic nitrogens is 1. The topological polar surface area (TPSA) is 75.0 Å². The number of hydrogen-bond donors (Lipinski definition) is 1. The monoisotopic (exact) mass is 403 g/mol. The van der Waals surface area contributed by atoms with Crippen LogP contribution in [-0.4, -0.2) is 17.6 Å². The Labute approximate surface area is 174 Å². The summed E-state index contributed by atoms with van der Waals surface area (Å²) in [4.78, 5) is 16.3. The Kier molecular flexibility index (Phi) is 6.43. The van der Waals surface area contributed by atoms with Crippen molar-refractivity contribution >= 4 is 28.6 Å². The quantitative estimate of drug-likeness (QED) is 0.429. The first-order chi connectivity index (χ1) is 14.0. The van der Waals surface area contributed by atoms with Crippen LogP contribution >= 0.6 is 11.3 Å². The lowest BCUT2D eigenvalue weighted by atomic mass is 10.1. The van der Waals surface area contributed by atoms with Gasteiger partial charge in [-0.3, -0.25) is 0 Å². The summed E-state index contributed by atoms with van der Waals surface area (Å²) in [5.41, 5.74) is 6.03. The van der Waals surface area contributed by atoms with Crippen molar-refractivity contribution in [3.05, 3.63) is 75.7 Å². The van der Waals surface area contributed by atoms with Gasteiger partial charge in [0.1, 0.15) is 16.6 Å². The molecule has 0 fully saturated rings. The van der Waals surface area contributed by atoms with Crippen molar-refractivity contribution in [1.29, 1.82) is 5.26 Å². The van der Waals surface area contributed by atoms with E-state index in [1.165, 1.54) is 22.5 Å². The number of nitrogens with one attached hydrogen (secondary N) is 1. The highest BCUT2D eigenvalue weighted by Crippen LogP contribution is 2.27. The smallest absolute Gasteiger partial charge is 0.338 e. The van der Waals surface area contributed by atoms with Gasteiger partial charge < -0.3 is 10.1 Å². The summed E-state index contributed by atoms with van der Waals surface area (Å²) in [7, 11) is 0. The molecular formula is C23H21N3O2S. The van der Waals surface area contributed by atoms with Crippen LogP contribution in [0.1, 0.15) is 33.4 Å². The van der Waals surface area contributed by atoms with Gasteiger partial charge in [0.05, 0.1) is 17.9 Å². The second-order valence-electron chi connectivity index (χ2n) is 6.45. The molecule has 0 spiro atoms. The number of hydrogen-bond acceptors (Lipinski definition) is 6. The molecule has 1 N–H and O–H groups in total. The fraction of sp³-hybridized carbons (Fsp3) is 0.174. The number of anilines is 1. The van der Waals surface area contributed by atoms with Gasteiger partial charge in [-0.05, 0) is 62.2 Å². The van der Waals surface area contributed by atoms with Gasteiger partial charge >= 0.3 is 5.97 Å². The number of nitrogens with zero attached hydrogens (tertiary/aromatic N) is 2. The molecule has 0 aliphatic carbocycles. The molecule has 6 heteroatoms. The van der Waals surface area contributed by atoms with Gasteiger partial charge in [0.25, 0.3) is 0 Å². The molecule has 0 amide bonds. The highest BCUT2D eigenvalue weighted by Gasteiger charge is 2.10. The molecule has 1 aromatic heterocycles. The summed E-state index contributed by atoms with van der Waals surface area (Å²) in [6.45, 7) is 6.26. The highest BCUT2D eigenvalue weighted by atomic mass is 32.1. The van der Waals surface area contributed by atoms with Crippen LogP contribution < -0.4 is 5.32 Å². The molecule has 3 aromatic rings. The van der Waals surface area contributed by atoms with Gasteiger partial charge in [-0.2, -0.15) is 5.26 Å². The van der Waals surface area contributed by atoms with Crippen LogP contribution in [0.3, 0.4) is 0 Å². The highest BCUT2D eigenvalue weighted by molar-refractivity contribution is 7.11. The van der Waals surface area contributed by atoms with Crippen molar-refractivity contribution in [3.63, 3.8) is 0 Å². The van der Waals surface area contributed by atoms with E-state index < -0.39 is 0 Å². The molecular weight excluding hydrogens is 382 g/mol. The molecule has 5 nitrogen and oxygen atoms in total. The Morgan fingerprint density at radius 3 is 2.62 bits per heavy atom. The lowest BCUT2D eigenvalue weighted by Gasteiger charge is -2.04. The number of thiazole rings is 1. The zero-order valence-electron chi connectivity index (χ0n) is 16.5. The number of carbonyl (C=O) groups excluding carboxylic acids is 1. The molecule has 0 unspecified atom stereocenters. The average Bonchev–Trinajstić information content (AvgIpc) is 3.21. The van der Waals surface area contributed by atoms with Gasteiger partial charge in [0.2, 0.25) is 0 Å². The van der Waals surface area contributed by atoms with Gasteiger partial charge in [0.15, 0.2) is 0 Å². The Morgan fingerprint density at radius 2 is 1.97 bits per heavy atom. The largest absolute Gasteiger partial charge is 0.462 e. The predicted octanol–water partition coefficient (Wildman–Crippen LogP) is 5.58. The second kappa shape index (κ2) is 9.18. The maximum Gasteiger partial charge on any atom is 0.338 e. The number of esters is 1. The molecule has 0 saturated heterocycles. The van der Waals surface area contributed by atoms with Crippen LogP contribution in [0.15, 0.2) is 54.0 Å². The number of ether oxygens (including phenoxy) is 1. The summed E-state index contributed by atoms with van der Waals surface area (Å²) < 4.78 is 4.97. The Hall–Kier alpha value is -3.43. The Balaban J connectivity index is 1.75. The van der Waals surface area contributed by atoms with Gasteiger partial charge in [-0.15, -0.1) is 11.3 Å². The predicted molar refractivity (Wildman–Crippen MR) is 117 cm³/mol. The van der Waals surface area contributed by atoms with E-state index in [9.17, 15) is 10.1 Å². The van der Waals surface area contributed by atoms with Crippen LogP contribution in [-0.2, 0) is 4.74 Å². The number of rotatable bonds is 6. The minimum atomic E-state index is -0.353. The van der Waals surface area contributed by atoms with E-state index in [4.69, 9.17) is 4.74 Å². The van der Waals surface area contributed by atoms with Gasteiger partial charge in [0, 0.05) is 22.8 Å². The molecule has 1 heterocycles. The lowest BCUT2D eigenvalue weighted by Crippen LogP contribution is -2.04. The molecule has 0 atom stereocenters. The summed E-state index contributed by atoms with van der Waals surface area (Å²) >= 11 is 1.43. The third-order valence-corrected chi connectivity index (χ3v) is 5.31. The van der Waals surface area contributed by atoms with E-state index in [1.54, 1.807) is 37.4 Å². The zero-order chi connectivity index (χ0) is 20.8. The summed E-state index contributed by atoms with van der Waals surface area (Å²) in [6, 6.07) is 15.3. The van der Waals surface area contributed by atoms with Crippen molar-refractivity contribution in [2.24, 2.45) is 0 Å². The van der Waals surface area contributed by atoms with E-state index >= 15 is 0 Å². The molecule has 3 rings (SSSR count). The van der Waals surface area contributed by atoms with Crippen LogP contribution in [0.5, 0.6) is 0 Å². The van der Waals surface area contributed by atoms with E-state index in [-0.39, 0.29) is 5.97 Å². The van der Waals surface area contributed by atoms with Crippen LogP contribution in [0, 0.1) is 25.2 Å². The normalized spacial score (nSPS) is 11.0. The fourth-order valence-corrected chi connectivity index (χ4v) is 3.44. The van der Waals surface area contributed by atoms with Crippen molar-refractivity contribution in [3.8, 4) is 17.3 Å². The zero-order valence-corrected chi connectivity index (χ0v) is 17.3. The number of nitriles is 1. The van der Waals surface area contributed by atoms with Crippen LogP contribution in [0.25, 0.3) is 16.8 Å². The molecule has 0 saturated carbocycles. The molecule has 29 heavy (non-hydrogen) atoms. The minimum Gasteiger partial charge on any atom is -0.462 e. The molecule has 0 aliphatic heterocycles. The number of benzene rings is 2. The Bertz CT molecular complexity index is 1090. The number of allylic oxidation sites excluding steroid dienone is 1. The first kappa shape index (κ1) is 20.3. The first-order valence-corrected chi connectivity index (χ1v) is 10.1. The van der Waals surface area contributed by atoms with Crippen molar-refractivity contribution < 1.29 is 9.53 Å². The standard InChI is InChI=1S/C23H21N3O2S/c1-4-28-23(27)17-7-9-20(10-8-17)25-13-19(12-24)22-26-21(14-29-22)18-6-5-15(2)16(3)11-18/h5-11,13-14,25H,4H2,1-3H3/b19-13+. The van der Waals surface area contributed by atoms with E-state index in [1.807, 2.05) is 11.4 Å². The maximum absolute atomic E-state index is 11.7. The van der Waals surface area contributed by atoms with Crippen LogP contribution in [0.4, 0.5) is 5.69 Å². The molecule has 146 valence electrons. The van der Waals surface area contributed by atoms with E-state index in [0.29, 0.717) is 22.8 Å². The van der Waals surface area contributed by atoms with Crippen molar-refractivity contribution in [2.45, 2.75) is 20.8 Å². The van der Waals surface area contributed by atoms with E-state index in [0.717, 1.165) is 16.9 Å². The molecule has 0 bridgehead atoms. The molecule has 2 aromatic carbocycles. The third kappa shape index (κ3) is 4.89. The molecule has 0 radical (unpaired) electrons. The Morgan fingerprint density at radius 1 is 1.21 bits per heavy atom. The fourth-order valence-electron chi connectivity index (χ4n) is 2.65. The number of carbonyl (C=O) groups is 1.